The van der Waals surface area contributed by atoms with Gasteiger partial charge in [0.15, 0.2) is 6.10 Å². The van der Waals surface area contributed by atoms with E-state index in [-0.39, 0.29) is 31.1 Å². The number of esters is 3. The molecule has 0 amide bonds. The Hall–Kier alpha value is -2.89. The second-order valence-electron chi connectivity index (χ2n) is 19.9. The first-order valence-electron chi connectivity index (χ1n) is 29.8. The molecule has 0 aliphatic rings. The highest BCUT2D eigenvalue weighted by molar-refractivity contribution is 5.71. The van der Waals surface area contributed by atoms with E-state index in [0.29, 0.717) is 19.3 Å². The molecule has 1 atom stereocenters. The zero-order valence-electron chi connectivity index (χ0n) is 45.8. The molecule has 0 rings (SSSR count). The van der Waals surface area contributed by atoms with Gasteiger partial charge >= 0.3 is 17.9 Å². The molecule has 0 saturated heterocycles. The summed E-state index contributed by atoms with van der Waals surface area (Å²) in [6.07, 6.45) is 72.1. The number of allylic oxidation sites excluding steroid dienone is 10. The minimum atomic E-state index is -0.780. The Morgan fingerprint density at radius 2 is 0.609 bits per heavy atom. The number of carbonyl (C=O) groups excluding carboxylic acids is 3. The van der Waals surface area contributed by atoms with Crippen molar-refractivity contribution in [3.8, 4) is 0 Å². The van der Waals surface area contributed by atoms with E-state index in [0.717, 1.165) is 83.5 Å². The van der Waals surface area contributed by atoms with Crippen molar-refractivity contribution >= 4 is 17.9 Å². The van der Waals surface area contributed by atoms with Gasteiger partial charge in [0.05, 0.1) is 0 Å². The van der Waals surface area contributed by atoms with Gasteiger partial charge in [-0.1, -0.05) is 268 Å². The lowest BCUT2D eigenvalue weighted by atomic mass is 10.0. The third-order valence-corrected chi connectivity index (χ3v) is 13.0. The molecule has 0 fully saturated rings. The lowest BCUT2D eigenvalue weighted by Gasteiger charge is -2.18. The van der Waals surface area contributed by atoms with Crippen LogP contribution in [-0.4, -0.2) is 37.2 Å². The number of hydrogen-bond acceptors (Lipinski definition) is 6. The first-order chi connectivity index (χ1) is 34.0. The van der Waals surface area contributed by atoms with Gasteiger partial charge in [0.2, 0.25) is 0 Å². The third kappa shape index (κ3) is 55.9. The van der Waals surface area contributed by atoms with E-state index >= 15 is 0 Å². The molecule has 6 nitrogen and oxygen atoms in total. The predicted molar refractivity (Wildman–Crippen MR) is 298 cm³/mol. The van der Waals surface area contributed by atoms with E-state index in [1.807, 2.05) is 0 Å². The summed E-state index contributed by atoms with van der Waals surface area (Å²) in [6.45, 7) is 6.52. The van der Waals surface area contributed by atoms with E-state index in [4.69, 9.17) is 14.2 Å². The summed E-state index contributed by atoms with van der Waals surface area (Å²) >= 11 is 0. The summed E-state index contributed by atoms with van der Waals surface area (Å²) in [5.74, 6) is -0.879. The Balaban J connectivity index is 4.36. The van der Waals surface area contributed by atoms with Crippen LogP contribution in [0.4, 0.5) is 0 Å². The Bertz CT molecular complexity index is 1250. The molecule has 0 aliphatic carbocycles. The van der Waals surface area contributed by atoms with Gasteiger partial charge in [-0.3, -0.25) is 14.4 Å². The first kappa shape index (κ1) is 66.1. The van der Waals surface area contributed by atoms with Crippen molar-refractivity contribution < 1.29 is 28.6 Å². The zero-order chi connectivity index (χ0) is 50.0. The summed E-state index contributed by atoms with van der Waals surface area (Å²) in [5, 5.41) is 0. The van der Waals surface area contributed by atoms with Gasteiger partial charge in [-0.05, 0) is 77.0 Å². The van der Waals surface area contributed by atoms with Crippen LogP contribution in [0.3, 0.4) is 0 Å². The number of ether oxygens (including phenoxy) is 3. The molecule has 69 heavy (non-hydrogen) atoms. The van der Waals surface area contributed by atoms with Crippen molar-refractivity contribution in [3.63, 3.8) is 0 Å². The average Bonchev–Trinajstić information content (AvgIpc) is 3.35. The van der Waals surface area contributed by atoms with Crippen LogP contribution in [0.2, 0.25) is 0 Å². The fourth-order valence-corrected chi connectivity index (χ4v) is 8.57. The summed E-state index contributed by atoms with van der Waals surface area (Å²) in [6, 6.07) is 0. The molecule has 0 heterocycles. The van der Waals surface area contributed by atoms with Gasteiger partial charge < -0.3 is 14.2 Å². The quantitative estimate of drug-likeness (QED) is 0.0199. The van der Waals surface area contributed by atoms with Crippen molar-refractivity contribution in [1.82, 2.24) is 0 Å². The highest BCUT2D eigenvalue weighted by Crippen LogP contribution is 2.17. The van der Waals surface area contributed by atoms with Gasteiger partial charge in [-0.25, -0.2) is 0 Å². The number of unbranched alkanes of at least 4 members (excludes halogenated alkanes) is 34. The second kappa shape index (κ2) is 57.7. The first-order valence-corrected chi connectivity index (χ1v) is 29.8. The molecule has 0 bridgehead atoms. The van der Waals surface area contributed by atoms with Gasteiger partial charge in [0.1, 0.15) is 13.2 Å². The van der Waals surface area contributed by atoms with Crippen LogP contribution >= 0.6 is 0 Å². The molecule has 6 heteroatoms. The van der Waals surface area contributed by atoms with E-state index in [1.165, 1.54) is 180 Å². The molecule has 0 aromatic heterocycles. The van der Waals surface area contributed by atoms with Crippen molar-refractivity contribution in [1.29, 1.82) is 0 Å². The van der Waals surface area contributed by atoms with E-state index in [1.54, 1.807) is 0 Å². The van der Waals surface area contributed by atoms with E-state index in [2.05, 4.69) is 81.5 Å². The molecule has 0 aromatic rings. The Morgan fingerprint density at radius 3 is 1.00 bits per heavy atom. The fourth-order valence-electron chi connectivity index (χ4n) is 8.57. The molecule has 400 valence electrons. The van der Waals surface area contributed by atoms with Crippen LogP contribution in [0.5, 0.6) is 0 Å². The highest BCUT2D eigenvalue weighted by Gasteiger charge is 2.19. The van der Waals surface area contributed by atoms with Crippen LogP contribution in [0.15, 0.2) is 60.8 Å². The smallest absolute Gasteiger partial charge is 0.306 e. The zero-order valence-corrected chi connectivity index (χ0v) is 45.8. The van der Waals surface area contributed by atoms with Crippen molar-refractivity contribution in [2.45, 2.75) is 309 Å². The topological polar surface area (TPSA) is 78.9 Å². The van der Waals surface area contributed by atoms with Crippen LogP contribution in [0, 0.1) is 0 Å². The van der Waals surface area contributed by atoms with Crippen molar-refractivity contribution in [2.24, 2.45) is 0 Å². The molecule has 0 aromatic carbocycles. The maximum Gasteiger partial charge on any atom is 0.306 e. The Labute approximate surface area is 428 Å². The normalized spacial score (nSPS) is 12.4. The second-order valence-corrected chi connectivity index (χ2v) is 19.9. The molecule has 0 spiro atoms. The molecular formula is C63H112O6. The van der Waals surface area contributed by atoms with Gasteiger partial charge in [-0.2, -0.15) is 0 Å². The number of rotatable bonds is 54. The average molecular weight is 966 g/mol. The Morgan fingerprint density at radius 1 is 0.319 bits per heavy atom. The SMILES string of the molecule is CC/C=C\C/C=C\C/C=C\CCCCCCCCCCCC(=O)OCC(COC(=O)CCCCCCCC/C=C\C=C/CCCCC)OC(=O)CCCCCCCCCCCCCCCCCCC. The summed E-state index contributed by atoms with van der Waals surface area (Å²) < 4.78 is 16.9. The molecule has 0 saturated carbocycles. The van der Waals surface area contributed by atoms with Gasteiger partial charge in [-0.15, -0.1) is 0 Å². The van der Waals surface area contributed by atoms with Crippen molar-refractivity contribution in [3.05, 3.63) is 60.8 Å². The van der Waals surface area contributed by atoms with Crippen LogP contribution in [0.25, 0.3) is 0 Å². The largest absolute Gasteiger partial charge is 0.462 e. The molecule has 0 aliphatic heterocycles. The third-order valence-electron chi connectivity index (χ3n) is 13.0. The van der Waals surface area contributed by atoms with E-state index in [9.17, 15) is 14.4 Å². The fraction of sp³-hybridized carbons (Fsp3) is 0.794. The lowest BCUT2D eigenvalue weighted by molar-refractivity contribution is -0.167. The standard InChI is InChI=1S/C63H112O6/c1-4-7-10-13-16-19-22-25-28-30-31-33-35-38-41-44-47-50-53-56-62(65)68-59-60(58-67-61(64)55-52-49-46-43-40-37-34-27-24-21-18-15-12-9-6-3)69-63(66)57-54-51-48-45-42-39-36-32-29-26-23-20-17-14-11-8-5-2/h7,10,16,18-19,21,24-25,27-28,60H,4-6,8-9,11-15,17,20,22-23,26,29-59H2,1-3H3/b10-7-,19-16-,21-18-,27-24-,28-25-. The predicted octanol–water partition coefficient (Wildman–Crippen LogP) is 20.0. The van der Waals surface area contributed by atoms with E-state index < -0.39 is 6.10 Å². The maximum atomic E-state index is 12.9. The van der Waals surface area contributed by atoms with Gasteiger partial charge in [0, 0.05) is 19.3 Å². The van der Waals surface area contributed by atoms with Crippen LogP contribution < -0.4 is 0 Å². The molecule has 0 N–H and O–H groups in total. The minimum absolute atomic E-state index is 0.0783. The number of carbonyl (C=O) groups is 3. The molecule has 0 radical (unpaired) electrons. The van der Waals surface area contributed by atoms with Gasteiger partial charge in [0.25, 0.3) is 0 Å². The molecule has 1 unspecified atom stereocenters. The molecular weight excluding hydrogens is 853 g/mol. The summed E-state index contributed by atoms with van der Waals surface area (Å²) in [5.41, 5.74) is 0. The lowest BCUT2D eigenvalue weighted by Crippen LogP contribution is -2.30. The number of hydrogen-bond donors (Lipinski definition) is 0. The summed E-state index contributed by atoms with van der Waals surface area (Å²) in [4.78, 5) is 38.2. The van der Waals surface area contributed by atoms with Crippen LogP contribution in [-0.2, 0) is 28.6 Å². The minimum Gasteiger partial charge on any atom is -0.462 e. The Kier molecular flexibility index (Phi) is 55.3. The van der Waals surface area contributed by atoms with Crippen molar-refractivity contribution in [2.75, 3.05) is 13.2 Å². The monoisotopic (exact) mass is 965 g/mol. The summed E-state index contributed by atoms with van der Waals surface area (Å²) in [7, 11) is 0. The van der Waals surface area contributed by atoms with Crippen LogP contribution in [0.1, 0.15) is 303 Å². The highest BCUT2D eigenvalue weighted by atomic mass is 16.6. The maximum absolute atomic E-state index is 12.9.